The summed E-state index contributed by atoms with van der Waals surface area (Å²) in [7, 11) is 0. The van der Waals surface area contributed by atoms with E-state index in [1.807, 2.05) is 6.07 Å². The summed E-state index contributed by atoms with van der Waals surface area (Å²) in [4.78, 5) is 13.0. The highest BCUT2D eigenvalue weighted by Gasteiger charge is 2.15. The zero-order valence-corrected chi connectivity index (χ0v) is 13.6. The topological polar surface area (TPSA) is 58.4 Å². The van der Waals surface area contributed by atoms with Crippen LogP contribution < -0.4 is 10.2 Å². The molecule has 1 atom stereocenters. The van der Waals surface area contributed by atoms with Crippen molar-refractivity contribution in [2.45, 2.75) is 40.5 Å². The van der Waals surface area contributed by atoms with Crippen molar-refractivity contribution >= 4 is 17.1 Å². The number of benzene rings is 1. The van der Waals surface area contributed by atoms with Crippen LogP contribution in [0.1, 0.15) is 40.5 Å². The molecule has 118 valence electrons. The van der Waals surface area contributed by atoms with Crippen molar-refractivity contribution in [2.75, 3.05) is 29.9 Å². The molecule has 0 bridgehead atoms. The van der Waals surface area contributed by atoms with Crippen LogP contribution in [0.5, 0.6) is 0 Å². The minimum Gasteiger partial charge on any atom is -0.385 e. The van der Waals surface area contributed by atoms with Crippen LogP contribution in [0.2, 0.25) is 0 Å². The molecule has 0 fully saturated rings. The number of nitro groups is 1. The number of nitrogens with zero attached hydrogens (tertiary/aromatic N) is 2. The summed E-state index contributed by atoms with van der Waals surface area (Å²) in [6.07, 6.45) is 2.09. The Morgan fingerprint density at radius 3 is 2.52 bits per heavy atom. The van der Waals surface area contributed by atoms with E-state index < -0.39 is 0 Å². The van der Waals surface area contributed by atoms with Gasteiger partial charge in [0.05, 0.1) is 4.92 Å². The first kappa shape index (κ1) is 17.3. The largest absolute Gasteiger partial charge is 0.385 e. The number of nitrogens with one attached hydrogen (secondary N) is 1. The SMILES string of the molecule is CCCNc1cc(N(CC)CC(C)CC)cc([N+](=O)[O-])c1. The second-order valence-electron chi connectivity index (χ2n) is 5.47. The van der Waals surface area contributed by atoms with Gasteiger partial charge in [-0.05, 0) is 25.3 Å². The fourth-order valence-electron chi connectivity index (χ4n) is 2.18. The lowest BCUT2D eigenvalue weighted by Crippen LogP contribution is -2.28. The van der Waals surface area contributed by atoms with E-state index in [0.29, 0.717) is 5.92 Å². The molecular weight excluding hydrogens is 266 g/mol. The van der Waals surface area contributed by atoms with Gasteiger partial charge in [-0.15, -0.1) is 0 Å². The highest BCUT2D eigenvalue weighted by Crippen LogP contribution is 2.28. The molecule has 0 saturated carbocycles. The minimum atomic E-state index is -0.322. The van der Waals surface area contributed by atoms with E-state index in [1.54, 1.807) is 12.1 Å². The first-order valence-corrected chi connectivity index (χ1v) is 7.80. The second kappa shape index (κ2) is 8.49. The summed E-state index contributed by atoms with van der Waals surface area (Å²) < 4.78 is 0. The van der Waals surface area contributed by atoms with Crippen molar-refractivity contribution in [1.29, 1.82) is 0 Å². The lowest BCUT2D eigenvalue weighted by Gasteiger charge is -2.26. The Hall–Kier alpha value is -1.78. The van der Waals surface area contributed by atoms with Crippen LogP contribution in [0.4, 0.5) is 17.1 Å². The molecule has 0 radical (unpaired) electrons. The van der Waals surface area contributed by atoms with E-state index >= 15 is 0 Å². The predicted octanol–water partition coefficient (Wildman–Crippen LogP) is 4.29. The average molecular weight is 293 g/mol. The summed E-state index contributed by atoms with van der Waals surface area (Å²) in [5.74, 6) is 0.566. The molecule has 5 heteroatoms. The van der Waals surface area contributed by atoms with Crippen LogP contribution in [0.3, 0.4) is 0 Å². The van der Waals surface area contributed by atoms with Crippen LogP contribution in [-0.2, 0) is 0 Å². The molecule has 0 aliphatic rings. The summed E-state index contributed by atoms with van der Waals surface area (Å²) in [5, 5.41) is 14.4. The van der Waals surface area contributed by atoms with Crippen LogP contribution in [0.25, 0.3) is 0 Å². The van der Waals surface area contributed by atoms with Crippen molar-refractivity contribution in [3.05, 3.63) is 28.3 Å². The van der Waals surface area contributed by atoms with Gasteiger partial charge in [-0.25, -0.2) is 0 Å². The first-order chi connectivity index (χ1) is 10.0. The molecule has 1 aromatic carbocycles. The summed E-state index contributed by atoms with van der Waals surface area (Å²) in [5.41, 5.74) is 1.89. The van der Waals surface area contributed by atoms with Crippen LogP contribution >= 0.6 is 0 Å². The van der Waals surface area contributed by atoms with Crippen molar-refractivity contribution in [3.63, 3.8) is 0 Å². The van der Waals surface area contributed by atoms with Crippen LogP contribution in [0.15, 0.2) is 18.2 Å². The quantitative estimate of drug-likeness (QED) is 0.545. The monoisotopic (exact) mass is 293 g/mol. The van der Waals surface area contributed by atoms with E-state index in [4.69, 9.17) is 0 Å². The molecule has 1 rings (SSSR count). The van der Waals surface area contributed by atoms with Crippen molar-refractivity contribution < 1.29 is 4.92 Å². The normalized spacial score (nSPS) is 12.0. The smallest absolute Gasteiger partial charge is 0.273 e. The van der Waals surface area contributed by atoms with Crippen LogP contribution in [0, 0.1) is 16.0 Å². The zero-order valence-electron chi connectivity index (χ0n) is 13.6. The molecule has 0 spiro atoms. The molecule has 0 heterocycles. The van der Waals surface area contributed by atoms with E-state index in [9.17, 15) is 10.1 Å². The highest BCUT2D eigenvalue weighted by molar-refractivity contribution is 5.64. The number of rotatable bonds is 9. The number of nitro benzene ring substituents is 1. The minimum absolute atomic E-state index is 0.147. The number of anilines is 2. The molecule has 1 N–H and O–H groups in total. The van der Waals surface area contributed by atoms with Gasteiger partial charge in [0, 0.05) is 43.1 Å². The molecule has 0 aliphatic carbocycles. The van der Waals surface area contributed by atoms with E-state index in [2.05, 4.69) is 37.9 Å². The van der Waals surface area contributed by atoms with Crippen molar-refractivity contribution in [2.24, 2.45) is 5.92 Å². The molecule has 0 aromatic heterocycles. The third-order valence-corrected chi connectivity index (χ3v) is 3.67. The van der Waals surface area contributed by atoms with Crippen molar-refractivity contribution in [1.82, 2.24) is 0 Å². The van der Waals surface area contributed by atoms with Gasteiger partial charge in [-0.1, -0.05) is 27.2 Å². The van der Waals surface area contributed by atoms with Gasteiger partial charge < -0.3 is 10.2 Å². The lowest BCUT2D eigenvalue weighted by atomic mass is 10.1. The Kier molecular flexibility index (Phi) is 6.99. The van der Waals surface area contributed by atoms with Gasteiger partial charge in [-0.3, -0.25) is 10.1 Å². The predicted molar refractivity (Wildman–Crippen MR) is 89.2 cm³/mol. The maximum absolute atomic E-state index is 11.1. The summed E-state index contributed by atoms with van der Waals surface area (Å²) in [6, 6.07) is 5.29. The molecule has 0 saturated heterocycles. The molecule has 0 amide bonds. The van der Waals surface area contributed by atoms with Gasteiger partial charge in [0.1, 0.15) is 0 Å². The molecule has 1 unspecified atom stereocenters. The van der Waals surface area contributed by atoms with Gasteiger partial charge in [0.2, 0.25) is 0 Å². The second-order valence-corrected chi connectivity index (χ2v) is 5.47. The number of hydrogen-bond acceptors (Lipinski definition) is 4. The van der Waals surface area contributed by atoms with E-state index in [-0.39, 0.29) is 10.6 Å². The summed E-state index contributed by atoms with van der Waals surface area (Å²) in [6.45, 7) is 11.1. The van der Waals surface area contributed by atoms with E-state index in [0.717, 1.165) is 43.9 Å². The highest BCUT2D eigenvalue weighted by atomic mass is 16.6. The Morgan fingerprint density at radius 1 is 1.29 bits per heavy atom. The molecule has 1 aromatic rings. The standard InChI is InChI=1S/C16H27N3O2/c1-5-8-17-14-9-15(11-16(10-14)19(20)21)18(7-3)12-13(4)6-2/h9-11,13,17H,5-8,12H2,1-4H3. The molecule has 5 nitrogen and oxygen atoms in total. The average Bonchev–Trinajstić information content (AvgIpc) is 2.49. The fourth-order valence-corrected chi connectivity index (χ4v) is 2.18. The van der Waals surface area contributed by atoms with E-state index in [1.165, 1.54) is 0 Å². The van der Waals surface area contributed by atoms with Crippen LogP contribution in [-0.4, -0.2) is 24.6 Å². The van der Waals surface area contributed by atoms with Gasteiger partial charge in [-0.2, -0.15) is 0 Å². The maximum Gasteiger partial charge on any atom is 0.273 e. The molecular formula is C16H27N3O2. The Bertz CT molecular complexity index is 463. The maximum atomic E-state index is 11.1. The third kappa shape index (κ3) is 5.25. The lowest BCUT2D eigenvalue weighted by molar-refractivity contribution is -0.384. The Labute approximate surface area is 127 Å². The fraction of sp³-hybridized carbons (Fsp3) is 0.625. The Balaban J connectivity index is 3.06. The Morgan fingerprint density at radius 2 is 2.00 bits per heavy atom. The zero-order chi connectivity index (χ0) is 15.8. The number of hydrogen-bond donors (Lipinski definition) is 1. The third-order valence-electron chi connectivity index (χ3n) is 3.67. The van der Waals surface area contributed by atoms with Crippen molar-refractivity contribution in [3.8, 4) is 0 Å². The first-order valence-electron chi connectivity index (χ1n) is 7.80. The summed E-state index contributed by atoms with van der Waals surface area (Å²) >= 11 is 0. The van der Waals surface area contributed by atoms with Gasteiger partial charge in [0.15, 0.2) is 0 Å². The van der Waals surface area contributed by atoms with Gasteiger partial charge in [0.25, 0.3) is 5.69 Å². The number of non-ortho nitro benzene ring substituents is 1. The molecule has 21 heavy (non-hydrogen) atoms. The van der Waals surface area contributed by atoms with Gasteiger partial charge >= 0.3 is 0 Å². The molecule has 0 aliphatic heterocycles.